The Labute approximate surface area is 200 Å². The summed E-state index contributed by atoms with van der Waals surface area (Å²) in [5, 5.41) is 8.50. The molecule has 1 N–H and O–H groups in total. The van der Waals surface area contributed by atoms with Gasteiger partial charge in [0.25, 0.3) is 5.78 Å². The van der Waals surface area contributed by atoms with Crippen molar-refractivity contribution in [3.05, 3.63) is 70.7 Å². The van der Waals surface area contributed by atoms with E-state index in [1.165, 1.54) is 16.7 Å². The van der Waals surface area contributed by atoms with E-state index in [1.807, 2.05) is 36.6 Å². The molecular weight excluding hydrogens is 426 g/mol. The number of ether oxygens (including phenoxy) is 2. The number of anilines is 2. The van der Waals surface area contributed by atoms with E-state index in [4.69, 9.17) is 24.5 Å². The van der Waals surface area contributed by atoms with Crippen LogP contribution in [-0.4, -0.2) is 32.8 Å². The third kappa shape index (κ3) is 4.55. The molecule has 5 rings (SSSR count). The molecule has 0 radical (unpaired) electrons. The molecule has 0 aliphatic heterocycles. The molecule has 2 heterocycles. The van der Waals surface area contributed by atoms with Gasteiger partial charge in [-0.3, -0.25) is 0 Å². The highest BCUT2D eigenvalue weighted by Crippen LogP contribution is 2.35. The molecule has 176 valence electrons. The van der Waals surface area contributed by atoms with Crippen molar-refractivity contribution in [2.45, 2.75) is 52.9 Å². The maximum absolute atomic E-state index is 5.91. The molecule has 4 aromatic rings. The van der Waals surface area contributed by atoms with Crippen LogP contribution in [0.2, 0.25) is 0 Å². The summed E-state index contributed by atoms with van der Waals surface area (Å²) in [7, 11) is 0. The molecule has 0 saturated carbocycles. The zero-order chi connectivity index (χ0) is 23.5. The minimum atomic E-state index is 0.580. The van der Waals surface area contributed by atoms with Crippen molar-refractivity contribution >= 4 is 17.3 Å². The van der Waals surface area contributed by atoms with Gasteiger partial charge in [-0.15, -0.1) is 5.10 Å². The minimum Gasteiger partial charge on any atom is -0.494 e. The minimum absolute atomic E-state index is 0.580. The fourth-order valence-electron chi connectivity index (χ4n) is 4.45. The zero-order valence-electron chi connectivity index (χ0n) is 20.1. The van der Waals surface area contributed by atoms with Gasteiger partial charge in [-0.2, -0.15) is 9.50 Å². The average Bonchev–Trinajstić information content (AvgIpc) is 3.24. The van der Waals surface area contributed by atoms with Gasteiger partial charge in [0.05, 0.1) is 24.6 Å². The summed E-state index contributed by atoms with van der Waals surface area (Å²) in [4.78, 5) is 9.68. The molecule has 0 spiro atoms. The van der Waals surface area contributed by atoms with Crippen molar-refractivity contribution < 1.29 is 9.47 Å². The standard InChI is InChI=1S/C27H31N5O2/c1-4-33-20-14-15-24(34-5-2)23(17-20)28-26-21-8-6-7-9-22(21)29-27-30-25(31-32(26)27)16-19-12-10-18(3)11-13-19/h10-15,17,28H,4-9,16H2,1-3H3. The molecule has 1 aliphatic carbocycles. The van der Waals surface area contributed by atoms with Crippen LogP contribution in [0.25, 0.3) is 5.78 Å². The fraction of sp³-hybridized carbons (Fsp3) is 0.370. The second-order valence-electron chi connectivity index (χ2n) is 8.64. The highest BCUT2D eigenvalue weighted by Gasteiger charge is 2.22. The van der Waals surface area contributed by atoms with Crippen LogP contribution in [0.4, 0.5) is 11.5 Å². The van der Waals surface area contributed by atoms with Gasteiger partial charge in [-0.25, -0.2) is 4.98 Å². The molecule has 0 atom stereocenters. The number of fused-ring (bicyclic) bond motifs is 2. The molecule has 7 heteroatoms. The quantitative estimate of drug-likeness (QED) is 0.380. The lowest BCUT2D eigenvalue weighted by atomic mass is 9.96. The van der Waals surface area contributed by atoms with Gasteiger partial charge < -0.3 is 14.8 Å². The second kappa shape index (κ2) is 9.71. The van der Waals surface area contributed by atoms with Gasteiger partial charge in [-0.1, -0.05) is 29.8 Å². The van der Waals surface area contributed by atoms with Crippen molar-refractivity contribution in [1.82, 2.24) is 19.6 Å². The first-order chi connectivity index (χ1) is 16.6. The van der Waals surface area contributed by atoms with Crippen LogP contribution in [0, 0.1) is 6.92 Å². The van der Waals surface area contributed by atoms with Crippen molar-refractivity contribution in [1.29, 1.82) is 0 Å². The zero-order valence-corrected chi connectivity index (χ0v) is 20.1. The van der Waals surface area contributed by atoms with Crippen molar-refractivity contribution in [3.63, 3.8) is 0 Å². The lowest BCUT2D eigenvalue weighted by Gasteiger charge is -2.21. The third-order valence-electron chi connectivity index (χ3n) is 6.10. The van der Waals surface area contributed by atoms with E-state index in [0.717, 1.165) is 60.2 Å². The molecule has 0 bridgehead atoms. The smallest absolute Gasteiger partial charge is 0.254 e. The van der Waals surface area contributed by atoms with E-state index in [9.17, 15) is 0 Å². The molecule has 1 aliphatic rings. The Morgan fingerprint density at radius 3 is 2.53 bits per heavy atom. The summed E-state index contributed by atoms with van der Waals surface area (Å²) in [6.07, 6.45) is 4.86. The number of nitrogens with one attached hydrogen (secondary N) is 1. The predicted molar refractivity (Wildman–Crippen MR) is 133 cm³/mol. The highest BCUT2D eigenvalue weighted by atomic mass is 16.5. The largest absolute Gasteiger partial charge is 0.494 e. The van der Waals surface area contributed by atoms with E-state index in [1.54, 1.807) is 0 Å². The monoisotopic (exact) mass is 457 g/mol. The van der Waals surface area contributed by atoms with Crippen LogP contribution in [0.1, 0.15) is 54.9 Å². The fourth-order valence-corrected chi connectivity index (χ4v) is 4.45. The first kappa shape index (κ1) is 22.2. The van der Waals surface area contributed by atoms with Crippen LogP contribution in [-0.2, 0) is 19.3 Å². The molecule has 7 nitrogen and oxygen atoms in total. The van der Waals surface area contributed by atoms with Gasteiger partial charge in [0, 0.05) is 18.1 Å². The van der Waals surface area contributed by atoms with Gasteiger partial charge in [0.2, 0.25) is 0 Å². The van der Waals surface area contributed by atoms with Crippen LogP contribution in [0.5, 0.6) is 11.5 Å². The predicted octanol–water partition coefficient (Wildman–Crippen LogP) is 5.44. The topological polar surface area (TPSA) is 73.6 Å². The normalized spacial score (nSPS) is 13.0. The Balaban J connectivity index is 1.58. The number of benzene rings is 2. The summed E-state index contributed by atoms with van der Waals surface area (Å²) < 4.78 is 13.5. The highest BCUT2D eigenvalue weighted by molar-refractivity contribution is 5.70. The van der Waals surface area contributed by atoms with E-state index in [2.05, 4.69) is 36.5 Å². The van der Waals surface area contributed by atoms with Crippen molar-refractivity contribution in [2.24, 2.45) is 0 Å². The summed E-state index contributed by atoms with van der Waals surface area (Å²) >= 11 is 0. The molecule has 0 amide bonds. The number of nitrogens with zero attached hydrogens (tertiary/aromatic N) is 4. The van der Waals surface area contributed by atoms with E-state index < -0.39 is 0 Å². The molecule has 0 fully saturated rings. The molecule has 2 aromatic carbocycles. The number of hydrogen-bond donors (Lipinski definition) is 1. The van der Waals surface area contributed by atoms with Crippen molar-refractivity contribution in [3.8, 4) is 11.5 Å². The van der Waals surface area contributed by atoms with Gasteiger partial charge in [0.1, 0.15) is 17.3 Å². The lowest BCUT2D eigenvalue weighted by Crippen LogP contribution is -2.14. The SMILES string of the molecule is CCOc1ccc(OCC)c(Nc2c3c(nc4nc(Cc5ccc(C)cc5)nn24)CCCC3)c1. The molecular formula is C27H31N5O2. The third-order valence-corrected chi connectivity index (χ3v) is 6.10. The summed E-state index contributed by atoms with van der Waals surface area (Å²) in [5.41, 5.74) is 5.59. The van der Waals surface area contributed by atoms with E-state index >= 15 is 0 Å². The Kier molecular flexibility index (Phi) is 6.34. The van der Waals surface area contributed by atoms with Crippen molar-refractivity contribution in [2.75, 3.05) is 18.5 Å². The van der Waals surface area contributed by atoms with Gasteiger partial charge >= 0.3 is 0 Å². The lowest BCUT2D eigenvalue weighted by molar-refractivity contribution is 0.332. The van der Waals surface area contributed by atoms with E-state index in [-0.39, 0.29) is 0 Å². The second-order valence-corrected chi connectivity index (χ2v) is 8.64. The summed E-state index contributed by atoms with van der Waals surface area (Å²) in [6, 6.07) is 14.4. The van der Waals surface area contributed by atoms with E-state index in [0.29, 0.717) is 25.4 Å². The van der Waals surface area contributed by atoms with Gasteiger partial charge in [0.15, 0.2) is 5.82 Å². The average molecular weight is 458 g/mol. The van der Waals surface area contributed by atoms with Crippen LogP contribution in [0.3, 0.4) is 0 Å². The Morgan fingerprint density at radius 2 is 1.74 bits per heavy atom. The Morgan fingerprint density at radius 1 is 0.941 bits per heavy atom. The first-order valence-corrected chi connectivity index (χ1v) is 12.1. The first-order valence-electron chi connectivity index (χ1n) is 12.1. The number of hydrogen-bond acceptors (Lipinski definition) is 6. The molecule has 0 saturated heterocycles. The maximum Gasteiger partial charge on any atom is 0.254 e. The summed E-state index contributed by atoms with van der Waals surface area (Å²) in [6.45, 7) is 7.25. The molecule has 0 unspecified atom stereocenters. The maximum atomic E-state index is 5.91. The van der Waals surface area contributed by atoms with Crippen LogP contribution < -0.4 is 14.8 Å². The summed E-state index contributed by atoms with van der Waals surface area (Å²) in [5.74, 6) is 3.88. The van der Waals surface area contributed by atoms with Crippen LogP contribution in [0.15, 0.2) is 42.5 Å². The number of rotatable bonds is 8. The molecule has 34 heavy (non-hydrogen) atoms. The Bertz CT molecular complexity index is 1300. The van der Waals surface area contributed by atoms with Gasteiger partial charge in [-0.05, 0) is 64.2 Å². The Hall–Kier alpha value is -3.61. The number of aryl methyl sites for hydroxylation is 2. The number of aromatic nitrogens is 4. The molecule has 2 aromatic heterocycles. The van der Waals surface area contributed by atoms with Crippen LogP contribution >= 0.6 is 0 Å².